The van der Waals surface area contributed by atoms with Gasteiger partial charge in [0.15, 0.2) is 0 Å². The van der Waals surface area contributed by atoms with Gasteiger partial charge in [-0.1, -0.05) is 0 Å². The normalized spacial score (nSPS) is 12.5. The molecular weight excluding hydrogens is 444 g/mol. The number of carbonyl (C=O) groups is 1. The van der Waals surface area contributed by atoms with Crippen molar-refractivity contribution in [1.29, 1.82) is 0 Å². The topological polar surface area (TPSA) is 113 Å². The smallest absolute Gasteiger partial charge is 0.133 e. The second kappa shape index (κ2) is 12.9. The standard InChI is InChI=1S/C25H34O9/c1-29-16-11-20(31-3)24(21(12-16)32-4)18(27)9-7-15(26)8-10-19(28)25-22(33-5)13-17(30-2)14-23(25)34-6/h11-14,18-19,27-28H,7-10H2,1-6H3. The highest BCUT2D eigenvalue weighted by Crippen LogP contribution is 2.41. The van der Waals surface area contributed by atoms with E-state index in [1.54, 1.807) is 24.3 Å². The van der Waals surface area contributed by atoms with Crippen molar-refractivity contribution in [1.82, 2.24) is 0 Å². The van der Waals surface area contributed by atoms with Crippen LogP contribution in [0.1, 0.15) is 49.0 Å². The Bertz CT molecular complexity index is 832. The lowest BCUT2D eigenvalue weighted by molar-refractivity contribution is -0.120. The molecule has 0 bridgehead atoms. The highest BCUT2D eigenvalue weighted by atomic mass is 16.5. The molecule has 0 radical (unpaired) electrons. The van der Waals surface area contributed by atoms with E-state index in [1.165, 1.54) is 42.7 Å². The molecule has 34 heavy (non-hydrogen) atoms. The molecule has 0 aliphatic heterocycles. The number of rotatable bonds is 14. The molecule has 0 spiro atoms. The van der Waals surface area contributed by atoms with Gasteiger partial charge in [-0.25, -0.2) is 0 Å². The van der Waals surface area contributed by atoms with Crippen LogP contribution in [0.5, 0.6) is 34.5 Å². The predicted molar refractivity (Wildman–Crippen MR) is 126 cm³/mol. The second-order valence-electron chi connectivity index (χ2n) is 7.54. The summed E-state index contributed by atoms with van der Waals surface area (Å²) in [4.78, 5) is 12.5. The van der Waals surface area contributed by atoms with Crippen LogP contribution in [0.4, 0.5) is 0 Å². The second-order valence-corrected chi connectivity index (χ2v) is 7.54. The van der Waals surface area contributed by atoms with Crippen LogP contribution in [-0.2, 0) is 4.79 Å². The number of ether oxygens (including phenoxy) is 6. The molecule has 0 aliphatic carbocycles. The van der Waals surface area contributed by atoms with Crippen molar-refractivity contribution in [2.45, 2.75) is 37.9 Å². The number of carbonyl (C=O) groups excluding carboxylic acids is 1. The number of ketones is 1. The molecule has 0 heterocycles. The van der Waals surface area contributed by atoms with E-state index in [4.69, 9.17) is 28.4 Å². The first-order chi connectivity index (χ1) is 16.3. The zero-order valence-corrected chi connectivity index (χ0v) is 20.5. The summed E-state index contributed by atoms with van der Waals surface area (Å²) in [6, 6.07) is 6.59. The molecular formula is C25H34O9. The zero-order valence-electron chi connectivity index (χ0n) is 20.5. The predicted octanol–water partition coefficient (Wildman–Crippen LogP) is 3.63. The Morgan fingerprint density at radius 2 is 0.912 bits per heavy atom. The Balaban J connectivity index is 2.04. The maximum atomic E-state index is 12.5. The van der Waals surface area contributed by atoms with E-state index in [0.29, 0.717) is 45.6 Å². The molecule has 9 heteroatoms. The SMILES string of the molecule is COc1cc(OC)c(C(O)CCC(=O)CCC(O)c2c(OC)cc(OC)cc2OC)c(OC)c1. The lowest BCUT2D eigenvalue weighted by atomic mass is 9.97. The van der Waals surface area contributed by atoms with Crippen LogP contribution in [0.25, 0.3) is 0 Å². The van der Waals surface area contributed by atoms with E-state index in [2.05, 4.69) is 0 Å². The van der Waals surface area contributed by atoms with Gasteiger partial charge in [-0.2, -0.15) is 0 Å². The van der Waals surface area contributed by atoms with Gasteiger partial charge in [0, 0.05) is 37.1 Å². The summed E-state index contributed by atoms with van der Waals surface area (Å²) in [7, 11) is 8.98. The van der Waals surface area contributed by atoms with Crippen molar-refractivity contribution >= 4 is 5.78 Å². The maximum absolute atomic E-state index is 12.5. The van der Waals surface area contributed by atoms with E-state index in [0.717, 1.165) is 0 Å². The highest BCUT2D eigenvalue weighted by molar-refractivity contribution is 5.78. The molecule has 0 amide bonds. The Hall–Kier alpha value is -3.17. The highest BCUT2D eigenvalue weighted by Gasteiger charge is 2.24. The minimum absolute atomic E-state index is 0.101. The van der Waals surface area contributed by atoms with Gasteiger partial charge < -0.3 is 38.6 Å². The number of aliphatic hydroxyl groups excluding tert-OH is 2. The zero-order chi connectivity index (χ0) is 25.3. The molecule has 2 rings (SSSR count). The van der Waals surface area contributed by atoms with Gasteiger partial charge >= 0.3 is 0 Å². The van der Waals surface area contributed by atoms with E-state index in [1.807, 2.05) is 0 Å². The minimum atomic E-state index is -0.980. The van der Waals surface area contributed by atoms with Crippen LogP contribution >= 0.6 is 0 Å². The summed E-state index contributed by atoms with van der Waals surface area (Å²) in [6.45, 7) is 0. The van der Waals surface area contributed by atoms with Crippen LogP contribution < -0.4 is 28.4 Å². The molecule has 2 aromatic rings. The molecule has 2 unspecified atom stereocenters. The largest absolute Gasteiger partial charge is 0.496 e. The molecule has 2 aromatic carbocycles. The number of aliphatic hydroxyl groups is 2. The lowest BCUT2D eigenvalue weighted by Gasteiger charge is -2.20. The summed E-state index contributed by atoms with van der Waals surface area (Å²) in [5.74, 6) is 2.58. The average Bonchev–Trinajstić information content (AvgIpc) is 2.88. The summed E-state index contributed by atoms with van der Waals surface area (Å²) < 4.78 is 32.0. The molecule has 2 atom stereocenters. The molecule has 0 fully saturated rings. The monoisotopic (exact) mass is 478 g/mol. The van der Waals surface area contributed by atoms with Crippen molar-refractivity contribution in [3.05, 3.63) is 35.4 Å². The number of methoxy groups -OCH3 is 6. The van der Waals surface area contributed by atoms with Crippen molar-refractivity contribution in [3.63, 3.8) is 0 Å². The fourth-order valence-electron chi connectivity index (χ4n) is 3.73. The molecule has 2 N–H and O–H groups in total. The summed E-state index contributed by atoms with van der Waals surface area (Å²) in [6.07, 6.45) is -1.39. The number of hydrogen-bond acceptors (Lipinski definition) is 9. The van der Waals surface area contributed by atoms with Crippen LogP contribution in [0, 0.1) is 0 Å². The van der Waals surface area contributed by atoms with E-state index in [9.17, 15) is 15.0 Å². The third-order valence-corrected chi connectivity index (χ3v) is 5.57. The Labute approximate surface area is 200 Å². The minimum Gasteiger partial charge on any atom is -0.496 e. The van der Waals surface area contributed by atoms with Crippen molar-refractivity contribution in [2.24, 2.45) is 0 Å². The van der Waals surface area contributed by atoms with Gasteiger partial charge in [0.1, 0.15) is 40.3 Å². The van der Waals surface area contributed by atoms with Crippen LogP contribution in [0.2, 0.25) is 0 Å². The first-order valence-corrected chi connectivity index (χ1v) is 10.8. The Morgan fingerprint density at radius 3 is 1.15 bits per heavy atom. The van der Waals surface area contributed by atoms with Crippen molar-refractivity contribution in [2.75, 3.05) is 42.7 Å². The molecule has 0 saturated heterocycles. The van der Waals surface area contributed by atoms with Gasteiger partial charge in [-0.15, -0.1) is 0 Å². The van der Waals surface area contributed by atoms with Gasteiger partial charge in [0.2, 0.25) is 0 Å². The van der Waals surface area contributed by atoms with Gasteiger partial charge in [0.25, 0.3) is 0 Å². The van der Waals surface area contributed by atoms with Crippen LogP contribution in [0.3, 0.4) is 0 Å². The molecule has 9 nitrogen and oxygen atoms in total. The fourth-order valence-corrected chi connectivity index (χ4v) is 3.73. The van der Waals surface area contributed by atoms with Crippen molar-refractivity contribution in [3.8, 4) is 34.5 Å². The fraction of sp³-hybridized carbons (Fsp3) is 0.480. The molecule has 0 saturated carbocycles. The Kier molecular flexibility index (Phi) is 10.3. The third-order valence-electron chi connectivity index (χ3n) is 5.57. The molecule has 0 aromatic heterocycles. The van der Waals surface area contributed by atoms with E-state index in [-0.39, 0.29) is 31.5 Å². The van der Waals surface area contributed by atoms with E-state index >= 15 is 0 Å². The number of Topliss-reactive ketones (excluding diaryl/α,β-unsaturated/α-hetero) is 1. The van der Waals surface area contributed by atoms with E-state index < -0.39 is 12.2 Å². The number of benzene rings is 2. The first kappa shape index (κ1) is 27.1. The van der Waals surface area contributed by atoms with Gasteiger partial charge in [-0.3, -0.25) is 4.79 Å². The van der Waals surface area contributed by atoms with Gasteiger partial charge in [0.05, 0.1) is 66.0 Å². The number of hydrogen-bond donors (Lipinski definition) is 2. The molecule has 0 aliphatic rings. The van der Waals surface area contributed by atoms with Crippen molar-refractivity contribution < 1.29 is 43.4 Å². The summed E-state index contributed by atoms with van der Waals surface area (Å²) in [5.41, 5.74) is 0.901. The molecule has 188 valence electrons. The van der Waals surface area contributed by atoms with Crippen LogP contribution in [-0.4, -0.2) is 58.7 Å². The lowest BCUT2D eigenvalue weighted by Crippen LogP contribution is -2.09. The average molecular weight is 479 g/mol. The summed E-state index contributed by atoms with van der Waals surface area (Å²) >= 11 is 0. The Morgan fingerprint density at radius 1 is 0.618 bits per heavy atom. The third kappa shape index (κ3) is 6.45. The first-order valence-electron chi connectivity index (χ1n) is 10.8. The van der Waals surface area contributed by atoms with Crippen LogP contribution in [0.15, 0.2) is 24.3 Å². The quantitative estimate of drug-likeness (QED) is 0.420. The van der Waals surface area contributed by atoms with Gasteiger partial charge in [-0.05, 0) is 12.8 Å². The maximum Gasteiger partial charge on any atom is 0.133 e. The summed E-state index contributed by atoms with van der Waals surface area (Å²) in [5, 5.41) is 21.5.